The van der Waals surface area contributed by atoms with Crippen LogP contribution < -0.4 is 0 Å². The topological polar surface area (TPSA) is 25.8 Å². The third-order valence-electron chi connectivity index (χ3n) is 3.95. The van der Waals surface area contributed by atoms with Crippen LogP contribution in [-0.4, -0.2) is 8.75 Å². The first-order valence-electron chi connectivity index (χ1n) is 8.14. The van der Waals surface area contributed by atoms with Gasteiger partial charge in [-0.25, -0.2) is 0 Å². The van der Waals surface area contributed by atoms with E-state index in [1.807, 2.05) is 11.4 Å². The maximum absolute atomic E-state index is 5.06. The van der Waals surface area contributed by atoms with E-state index < -0.39 is 0 Å². The Kier molecular flexibility index (Phi) is 5.25. The van der Waals surface area contributed by atoms with Gasteiger partial charge in [-0.3, -0.25) is 0 Å². The highest BCUT2D eigenvalue weighted by molar-refractivity contribution is 7.14. The zero-order valence-electron chi connectivity index (χ0n) is 14.7. The van der Waals surface area contributed by atoms with Crippen molar-refractivity contribution in [1.29, 1.82) is 0 Å². The Morgan fingerprint density at radius 1 is 0.786 bits per heavy atom. The molecule has 0 saturated heterocycles. The second-order valence-corrected chi connectivity index (χ2v) is 7.97. The maximum Gasteiger partial charge on any atom is 0.114 e. The van der Waals surface area contributed by atoms with Crippen molar-refractivity contribution in [2.24, 2.45) is 0 Å². The number of nitrogens with zero attached hydrogens (tertiary/aromatic N) is 2. The fourth-order valence-electron chi connectivity index (χ4n) is 2.73. The Labute approximate surface area is 175 Å². The second-order valence-electron chi connectivity index (χ2n) is 5.61. The summed E-state index contributed by atoms with van der Waals surface area (Å²) in [5.74, 6) is 18.5. The van der Waals surface area contributed by atoms with Gasteiger partial charge in [-0.1, -0.05) is 18.1 Å². The largest absolute Gasteiger partial charge is 0.172 e. The molecule has 0 amide bonds. The summed E-state index contributed by atoms with van der Waals surface area (Å²) >= 11 is 4.59. The van der Waals surface area contributed by atoms with E-state index in [0.717, 1.165) is 32.6 Å². The molecule has 0 aliphatic heterocycles. The minimum atomic E-state index is 0.909. The zero-order valence-corrected chi connectivity index (χ0v) is 17.1. The monoisotopic (exact) mass is 410 g/mol. The van der Waals surface area contributed by atoms with E-state index in [2.05, 4.69) is 80.7 Å². The van der Waals surface area contributed by atoms with Gasteiger partial charge in [0.05, 0.1) is 16.6 Å². The number of rotatable bonds is 2. The first kappa shape index (κ1) is 18.1. The lowest BCUT2D eigenvalue weighted by Gasteiger charge is -2.05. The van der Waals surface area contributed by atoms with Gasteiger partial charge in [-0.2, -0.15) is 8.75 Å². The number of thiophene rings is 2. The summed E-state index contributed by atoms with van der Waals surface area (Å²) in [4.78, 5) is 2.30. The lowest BCUT2D eigenvalue weighted by atomic mass is 10.0. The molecule has 28 heavy (non-hydrogen) atoms. The Bertz CT molecular complexity index is 1410. The Morgan fingerprint density at radius 3 is 2.14 bits per heavy atom. The highest BCUT2D eigenvalue weighted by atomic mass is 32.1. The van der Waals surface area contributed by atoms with Gasteiger partial charge in [0.25, 0.3) is 0 Å². The Balaban J connectivity index is 1.79. The van der Waals surface area contributed by atoms with Crippen molar-refractivity contribution in [1.82, 2.24) is 8.75 Å². The molecule has 1 aromatic carbocycles. The average Bonchev–Trinajstić information content (AvgIpc) is 3.44. The molecule has 0 N–H and O–H groups in total. The molecule has 0 aliphatic rings. The van der Waals surface area contributed by atoms with E-state index in [-0.39, 0.29) is 0 Å². The number of terminal acetylenes is 1. The van der Waals surface area contributed by atoms with E-state index in [0.29, 0.717) is 0 Å². The molecule has 3 heterocycles. The molecular weight excluding hydrogens is 400 g/mol. The summed E-state index contributed by atoms with van der Waals surface area (Å²) < 4.78 is 9.15. The second kappa shape index (κ2) is 8.14. The number of aromatic nitrogens is 2. The summed E-state index contributed by atoms with van der Waals surface area (Å²) in [6.07, 6.45) is 5.06. The molecule has 0 unspecified atom stereocenters. The third kappa shape index (κ3) is 3.44. The number of fused-ring (bicyclic) bond motifs is 1. The van der Waals surface area contributed by atoms with Crippen LogP contribution in [0.1, 0.15) is 11.1 Å². The van der Waals surface area contributed by atoms with Gasteiger partial charge in [0.2, 0.25) is 0 Å². The normalized spacial score (nSPS) is 9.43. The van der Waals surface area contributed by atoms with Gasteiger partial charge in [-0.15, -0.1) is 29.1 Å². The van der Waals surface area contributed by atoms with Crippen molar-refractivity contribution < 1.29 is 0 Å². The van der Waals surface area contributed by atoms with Crippen LogP contribution in [0.5, 0.6) is 0 Å². The van der Waals surface area contributed by atoms with Crippen LogP contribution >= 0.6 is 34.4 Å². The zero-order chi connectivity index (χ0) is 19.3. The van der Waals surface area contributed by atoms with Crippen molar-refractivity contribution in [3.8, 4) is 68.7 Å². The van der Waals surface area contributed by atoms with Gasteiger partial charge in [-0.05, 0) is 70.9 Å². The molecule has 4 rings (SSSR count). The van der Waals surface area contributed by atoms with Crippen molar-refractivity contribution in [3.05, 3.63) is 46.2 Å². The summed E-state index contributed by atoms with van der Waals surface area (Å²) in [5, 5.41) is 4.13. The van der Waals surface area contributed by atoms with E-state index in [9.17, 15) is 0 Å². The van der Waals surface area contributed by atoms with Crippen LogP contribution in [0, 0.1) is 54.8 Å². The van der Waals surface area contributed by atoms with E-state index in [4.69, 9.17) is 6.42 Å². The molecule has 0 aliphatic carbocycles. The van der Waals surface area contributed by atoms with Crippen LogP contribution in [0.4, 0.5) is 0 Å². The predicted molar refractivity (Wildman–Crippen MR) is 120 cm³/mol. The van der Waals surface area contributed by atoms with E-state index >= 15 is 0 Å². The maximum atomic E-state index is 5.06. The first-order chi connectivity index (χ1) is 13.8. The number of benzene rings is 1. The molecular formula is C23H10N2S3. The van der Waals surface area contributed by atoms with E-state index in [1.54, 1.807) is 22.7 Å². The van der Waals surface area contributed by atoms with Crippen LogP contribution in [-0.2, 0) is 0 Å². The molecule has 2 nitrogen and oxygen atoms in total. The molecule has 130 valence electrons. The standard InChI is InChI=1S/C23H10N2S3/c1-3-4-5-6-7-8-9-17-13-15-27-23(17)19-11-10-18(20-21(19)25-28-24-20)22-16(2)12-14-26-22/h1,10-15H,2H3. The summed E-state index contributed by atoms with van der Waals surface area (Å²) in [6, 6.07) is 8.36. The van der Waals surface area contributed by atoms with Crippen LogP contribution in [0.25, 0.3) is 31.9 Å². The fraction of sp³-hybridized carbons (Fsp3) is 0.0435. The van der Waals surface area contributed by atoms with Gasteiger partial charge in [0, 0.05) is 21.6 Å². The molecule has 4 aromatic rings. The Hall–Kier alpha value is -3.32. The summed E-state index contributed by atoms with van der Waals surface area (Å²) in [5.41, 5.74) is 6.18. The van der Waals surface area contributed by atoms with Gasteiger partial charge in [0.15, 0.2) is 0 Å². The third-order valence-corrected chi connectivity index (χ3v) is 6.48. The highest BCUT2D eigenvalue weighted by Crippen LogP contribution is 2.40. The van der Waals surface area contributed by atoms with Crippen molar-refractivity contribution in [2.45, 2.75) is 6.92 Å². The van der Waals surface area contributed by atoms with Gasteiger partial charge >= 0.3 is 0 Å². The summed E-state index contributed by atoms with van der Waals surface area (Å²) in [6.45, 7) is 2.12. The van der Waals surface area contributed by atoms with Crippen LogP contribution in [0.2, 0.25) is 0 Å². The lowest BCUT2D eigenvalue weighted by molar-refractivity contribution is 1.54. The smallest absolute Gasteiger partial charge is 0.114 e. The van der Waals surface area contributed by atoms with Crippen molar-refractivity contribution >= 4 is 45.4 Å². The fourth-order valence-corrected chi connectivity index (χ4v) is 5.13. The lowest BCUT2D eigenvalue weighted by Crippen LogP contribution is -1.85. The van der Waals surface area contributed by atoms with Crippen molar-refractivity contribution in [3.63, 3.8) is 0 Å². The molecule has 0 radical (unpaired) electrons. The van der Waals surface area contributed by atoms with Crippen LogP contribution in [0.3, 0.4) is 0 Å². The quantitative estimate of drug-likeness (QED) is 0.411. The molecule has 0 spiro atoms. The minimum Gasteiger partial charge on any atom is -0.172 e. The molecule has 0 bridgehead atoms. The molecule has 0 atom stereocenters. The van der Waals surface area contributed by atoms with E-state index in [1.165, 1.54) is 22.2 Å². The molecule has 5 heteroatoms. The van der Waals surface area contributed by atoms with Gasteiger partial charge < -0.3 is 0 Å². The Morgan fingerprint density at radius 2 is 1.43 bits per heavy atom. The molecule has 0 saturated carbocycles. The first-order valence-corrected chi connectivity index (χ1v) is 10.6. The average molecular weight is 411 g/mol. The predicted octanol–water partition coefficient (Wildman–Crippen LogP) is 5.45. The molecule has 3 aromatic heterocycles. The summed E-state index contributed by atoms with van der Waals surface area (Å²) in [7, 11) is 0. The molecule has 0 fully saturated rings. The SMILES string of the molecule is C#CC#CC#CC#Cc1ccsc1-c1ccc(-c2sccc2C)c2nsnc12. The van der Waals surface area contributed by atoms with Crippen molar-refractivity contribution in [2.75, 3.05) is 0 Å². The number of aryl methyl sites for hydroxylation is 1. The van der Waals surface area contributed by atoms with Gasteiger partial charge in [0.1, 0.15) is 11.0 Å². The highest BCUT2D eigenvalue weighted by Gasteiger charge is 2.17. The number of hydrogen-bond acceptors (Lipinski definition) is 5. The number of hydrogen-bond donors (Lipinski definition) is 0. The van der Waals surface area contributed by atoms with Crippen LogP contribution in [0.15, 0.2) is 35.0 Å². The minimum absolute atomic E-state index is 0.909.